The molecule has 2 atom stereocenters. The number of amides is 1. The van der Waals surface area contributed by atoms with Gasteiger partial charge in [-0.1, -0.05) is 59.6 Å². The van der Waals surface area contributed by atoms with E-state index < -0.39 is 6.10 Å². The molecule has 45 heavy (non-hydrogen) atoms. The van der Waals surface area contributed by atoms with Gasteiger partial charge in [-0.3, -0.25) is 14.8 Å². The predicted molar refractivity (Wildman–Crippen MR) is 175 cm³/mol. The van der Waals surface area contributed by atoms with E-state index in [4.69, 9.17) is 37.7 Å². The van der Waals surface area contributed by atoms with Crippen molar-refractivity contribution >= 4 is 29.1 Å². The van der Waals surface area contributed by atoms with Crippen LogP contribution < -0.4 is 20.1 Å². The molecule has 2 aromatic carbocycles. The standard InChI is InChI=1S/C33H36Cl2N6O4/c1-19(42)15-36-16-28-33(45-3)41-27(18-38-28)24-11-6-9-22(31(24)35)21-8-5-10-23(30(21)34)26-17-37-25(32(40-26)44-2)12-4-7-20-13-14-29(43)39-20/h5-6,8-11,17-20,36,42H,4,7,12-16H2,1-3H3,(H,39,43)/t19-,20+/m0/s1. The highest BCUT2D eigenvalue weighted by atomic mass is 35.5. The van der Waals surface area contributed by atoms with Gasteiger partial charge in [-0.15, -0.1) is 0 Å². The van der Waals surface area contributed by atoms with Gasteiger partial charge in [-0.25, -0.2) is 9.97 Å². The van der Waals surface area contributed by atoms with Crippen LogP contribution in [0, 0.1) is 0 Å². The van der Waals surface area contributed by atoms with Crippen molar-refractivity contribution in [3.8, 4) is 45.4 Å². The van der Waals surface area contributed by atoms with E-state index in [2.05, 4.69) is 25.6 Å². The van der Waals surface area contributed by atoms with Gasteiger partial charge in [0.15, 0.2) is 0 Å². The number of hydrogen-bond donors (Lipinski definition) is 3. The second-order valence-corrected chi connectivity index (χ2v) is 11.7. The van der Waals surface area contributed by atoms with Crippen molar-refractivity contribution < 1.29 is 19.4 Å². The molecule has 4 aromatic rings. The van der Waals surface area contributed by atoms with Crippen molar-refractivity contribution in [1.29, 1.82) is 0 Å². The summed E-state index contributed by atoms with van der Waals surface area (Å²) < 4.78 is 11.1. The number of aliphatic hydroxyl groups is 1. The second kappa shape index (κ2) is 15.0. The predicted octanol–water partition coefficient (Wildman–Crippen LogP) is 5.66. The van der Waals surface area contributed by atoms with Crippen LogP contribution in [0.1, 0.15) is 44.0 Å². The quantitative estimate of drug-likeness (QED) is 0.168. The lowest BCUT2D eigenvalue weighted by Gasteiger charge is -2.15. The molecular weight excluding hydrogens is 615 g/mol. The zero-order chi connectivity index (χ0) is 31.9. The van der Waals surface area contributed by atoms with E-state index in [-0.39, 0.29) is 11.9 Å². The molecule has 1 aliphatic heterocycles. The lowest BCUT2D eigenvalue weighted by atomic mass is 9.98. The number of benzene rings is 2. The third-order valence-corrected chi connectivity index (χ3v) is 8.45. The number of carbonyl (C=O) groups is 1. The molecule has 5 rings (SSSR count). The molecule has 1 aliphatic rings. The van der Waals surface area contributed by atoms with Crippen molar-refractivity contribution in [1.82, 2.24) is 30.6 Å². The Morgan fingerprint density at radius 1 is 0.933 bits per heavy atom. The Bertz CT molecular complexity index is 1670. The normalized spacial score (nSPS) is 15.2. The largest absolute Gasteiger partial charge is 0.480 e. The Hall–Kier alpha value is -3.83. The first-order valence-corrected chi connectivity index (χ1v) is 15.6. The number of aliphatic hydroxyl groups excluding tert-OH is 1. The molecule has 10 nitrogen and oxygen atoms in total. The van der Waals surface area contributed by atoms with Gasteiger partial charge in [0.2, 0.25) is 17.7 Å². The molecule has 12 heteroatoms. The first-order valence-electron chi connectivity index (χ1n) is 14.8. The minimum atomic E-state index is -0.479. The van der Waals surface area contributed by atoms with Crippen LogP contribution in [0.15, 0.2) is 48.8 Å². The summed E-state index contributed by atoms with van der Waals surface area (Å²) in [6.07, 6.45) is 6.78. The fourth-order valence-corrected chi connectivity index (χ4v) is 6.01. The molecule has 1 saturated heterocycles. The van der Waals surface area contributed by atoms with Crippen molar-refractivity contribution in [3.05, 3.63) is 70.2 Å². The van der Waals surface area contributed by atoms with E-state index in [1.165, 1.54) is 7.11 Å². The fourth-order valence-electron chi connectivity index (χ4n) is 5.36. The van der Waals surface area contributed by atoms with Crippen LogP contribution in [0.5, 0.6) is 11.8 Å². The Morgan fingerprint density at radius 2 is 1.49 bits per heavy atom. The topological polar surface area (TPSA) is 131 Å². The Morgan fingerprint density at radius 3 is 2.02 bits per heavy atom. The summed E-state index contributed by atoms with van der Waals surface area (Å²) in [7, 11) is 3.12. The summed E-state index contributed by atoms with van der Waals surface area (Å²) in [5.74, 6) is 0.935. The maximum atomic E-state index is 11.5. The summed E-state index contributed by atoms with van der Waals surface area (Å²) in [5, 5.41) is 16.6. The number of ether oxygens (including phenoxy) is 2. The minimum Gasteiger partial charge on any atom is -0.480 e. The highest BCUT2D eigenvalue weighted by Crippen LogP contribution is 2.42. The Balaban J connectivity index is 1.39. The number of methoxy groups -OCH3 is 2. The summed E-state index contributed by atoms with van der Waals surface area (Å²) in [6.45, 7) is 2.52. The van der Waals surface area contributed by atoms with Gasteiger partial charge in [-0.2, -0.15) is 0 Å². The molecule has 0 bridgehead atoms. The van der Waals surface area contributed by atoms with Gasteiger partial charge in [0.25, 0.3) is 0 Å². The van der Waals surface area contributed by atoms with E-state index in [0.29, 0.717) is 75.9 Å². The van der Waals surface area contributed by atoms with Crippen molar-refractivity contribution in [3.63, 3.8) is 0 Å². The molecule has 1 amide bonds. The van der Waals surface area contributed by atoms with Gasteiger partial charge in [0, 0.05) is 47.8 Å². The van der Waals surface area contributed by atoms with Crippen LogP contribution in [0.2, 0.25) is 10.0 Å². The number of hydrogen-bond acceptors (Lipinski definition) is 9. The van der Waals surface area contributed by atoms with Gasteiger partial charge in [0.1, 0.15) is 11.4 Å². The van der Waals surface area contributed by atoms with Gasteiger partial charge in [0.05, 0.1) is 54.2 Å². The van der Waals surface area contributed by atoms with Crippen molar-refractivity contribution in [2.75, 3.05) is 20.8 Å². The smallest absolute Gasteiger partial charge is 0.237 e. The van der Waals surface area contributed by atoms with Crippen molar-refractivity contribution in [2.24, 2.45) is 0 Å². The van der Waals surface area contributed by atoms with Crippen LogP contribution in [0.4, 0.5) is 0 Å². The number of aromatic nitrogens is 4. The third-order valence-electron chi connectivity index (χ3n) is 7.63. The molecule has 236 valence electrons. The zero-order valence-electron chi connectivity index (χ0n) is 25.4. The van der Waals surface area contributed by atoms with Crippen LogP contribution in [0.3, 0.4) is 0 Å². The highest BCUT2D eigenvalue weighted by Gasteiger charge is 2.22. The van der Waals surface area contributed by atoms with E-state index in [0.717, 1.165) is 36.1 Å². The molecule has 0 saturated carbocycles. The third kappa shape index (κ3) is 7.70. The zero-order valence-corrected chi connectivity index (χ0v) is 27.0. The highest BCUT2D eigenvalue weighted by molar-refractivity contribution is 6.39. The van der Waals surface area contributed by atoms with E-state index in [1.54, 1.807) is 26.4 Å². The number of aryl methyl sites for hydroxylation is 1. The SMILES string of the molecule is COc1nc(-c2cccc(-c3cccc(-c4cnc(CNC[C@H](C)O)c(OC)n4)c3Cl)c2Cl)cnc1CCC[C@@H]1CCC(=O)N1. The van der Waals surface area contributed by atoms with Gasteiger partial charge < -0.3 is 25.2 Å². The fraction of sp³-hybridized carbons (Fsp3) is 0.364. The molecule has 3 N–H and O–H groups in total. The second-order valence-electron chi connectivity index (χ2n) is 10.9. The maximum absolute atomic E-state index is 11.5. The van der Waals surface area contributed by atoms with Crippen LogP contribution in [0.25, 0.3) is 33.6 Å². The molecule has 0 unspecified atom stereocenters. The summed E-state index contributed by atoms with van der Waals surface area (Å²) in [5.41, 5.74) is 5.32. The average molecular weight is 652 g/mol. The molecule has 3 heterocycles. The van der Waals surface area contributed by atoms with Gasteiger partial charge in [-0.05, 0) is 32.6 Å². The van der Waals surface area contributed by atoms with E-state index >= 15 is 0 Å². The van der Waals surface area contributed by atoms with Crippen molar-refractivity contribution in [2.45, 2.75) is 57.7 Å². The average Bonchev–Trinajstić information content (AvgIpc) is 3.46. The Labute approximate surface area is 272 Å². The number of rotatable bonds is 13. The summed E-state index contributed by atoms with van der Waals surface area (Å²) >= 11 is 14.0. The molecule has 0 spiro atoms. The maximum Gasteiger partial charge on any atom is 0.237 e. The molecule has 0 aliphatic carbocycles. The van der Waals surface area contributed by atoms with E-state index in [1.807, 2.05) is 36.4 Å². The summed E-state index contributed by atoms with van der Waals surface area (Å²) in [6, 6.07) is 11.6. The first-order chi connectivity index (χ1) is 21.8. The molecule has 1 fully saturated rings. The number of nitrogens with zero attached hydrogens (tertiary/aromatic N) is 4. The van der Waals surface area contributed by atoms with Gasteiger partial charge >= 0.3 is 0 Å². The molecule has 2 aromatic heterocycles. The number of nitrogens with one attached hydrogen (secondary N) is 2. The Kier molecular flexibility index (Phi) is 10.8. The monoisotopic (exact) mass is 650 g/mol. The lowest BCUT2D eigenvalue weighted by Crippen LogP contribution is -2.25. The van der Waals surface area contributed by atoms with Crippen LogP contribution in [-0.4, -0.2) is 63.9 Å². The van der Waals surface area contributed by atoms with Crippen LogP contribution >= 0.6 is 23.2 Å². The molecule has 0 radical (unpaired) electrons. The lowest BCUT2D eigenvalue weighted by molar-refractivity contribution is -0.119. The summed E-state index contributed by atoms with van der Waals surface area (Å²) in [4.78, 5) is 30.1. The number of carbonyl (C=O) groups excluding carboxylic acids is 1. The number of halogens is 2. The van der Waals surface area contributed by atoms with Crippen LogP contribution in [-0.2, 0) is 17.8 Å². The first kappa shape index (κ1) is 32.6. The minimum absolute atomic E-state index is 0.121. The van der Waals surface area contributed by atoms with E-state index in [9.17, 15) is 9.90 Å². The molecular formula is C33H36Cl2N6O4.